The molecular weight excluding hydrogens is 486 g/mol. The molecule has 2 N–H and O–H groups in total. The van der Waals surface area contributed by atoms with Crippen molar-refractivity contribution in [3.63, 3.8) is 0 Å². The van der Waals surface area contributed by atoms with E-state index < -0.39 is 23.8 Å². The first-order chi connectivity index (χ1) is 17.4. The van der Waals surface area contributed by atoms with Crippen molar-refractivity contribution in [3.05, 3.63) is 34.9 Å². The number of alkyl carbamates (subject to hydrolysis) is 1. The van der Waals surface area contributed by atoms with E-state index in [9.17, 15) is 14.4 Å². The zero-order valence-corrected chi connectivity index (χ0v) is 24.8. The van der Waals surface area contributed by atoms with Crippen LogP contribution in [0.3, 0.4) is 0 Å². The van der Waals surface area contributed by atoms with E-state index in [1.807, 2.05) is 38.3 Å². The Kier molecular flexibility index (Phi) is 11.8. The summed E-state index contributed by atoms with van der Waals surface area (Å²) in [6, 6.07) is 4.43. The third-order valence-corrected chi connectivity index (χ3v) is 7.26. The molecule has 0 heterocycles. The number of ether oxygens (including phenoxy) is 1. The van der Waals surface area contributed by atoms with Gasteiger partial charge in [0.15, 0.2) is 0 Å². The van der Waals surface area contributed by atoms with Crippen LogP contribution in [-0.2, 0) is 14.3 Å². The molecule has 0 bridgehead atoms. The molecule has 1 aliphatic rings. The van der Waals surface area contributed by atoms with Crippen LogP contribution in [0.5, 0.6) is 0 Å². The van der Waals surface area contributed by atoms with Gasteiger partial charge in [0.05, 0.1) is 0 Å². The standard InChI is InChI=1S/C29H47N3O4S/c1-9-10-11-15-30-26(33)25(22-17-19(2)12-13-20(22)3)32(24-18-21(24)4)27(34)23(14-16-37-8)31-28(35)36-29(5,6)7/h12-13,17,21,23-25H,9-11,14-16,18H2,1-8H3,(H,30,33)(H,31,35). The summed E-state index contributed by atoms with van der Waals surface area (Å²) in [5.41, 5.74) is 2.15. The van der Waals surface area contributed by atoms with E-state index >= 15 is 0 Å². The fourth-order valence-corrected chi connectivity index (χ4v) is 4.92. The van der Waals surface area contributed by atoms with Crippen LogP contribution in [0.25, 0.3) is 0 Å². The van der Waals surface area contributed by atoms with Crippen molar-refractivity contribution in [2.45, 2.75) is 104 Å². The highest BCUT2D eigenvalue weighted by molar-refractivity contribution is 7.98. The van der Waals surface area contributed by atoms with E-state index in [1.165, 1.54) is 0 Å². The van der Waals surface area contributed by atoms with Crippen LogP contribution >= 0.6 is 11.8 Å². The summed E-state index contributed by atoms with van der Waals surface area (Å²) >= 11 is 1.61. The minimum Gasteiger partial charge on any atom is -0.444 e. The fourth-order valence-electron chi connectivity index (χ4n) is 4.45. The van der Waals surface area contributed by atoms with Crippen LogP contribution in [0.4, 0.5) is 4.79 Å². The highest BCUT2D eigenvalue weighted by Gasteiger charge is 2.48. The lowest BCUT2D eigenvalue weighted by molar-refractivity contribution is -0.143. The number of thioether (sulfide) groups is 1. The number of nitrogens with one attached hydrogen (secondary N) is 2. The minimum atomic E-state index is -0.782. The second kappa shape index (κ2) is 14.1. The van der Waals surface area contributed by atoms with Gasteiger partial charge in [-0.25, -0.2) is 4.79 Å². The van der Waals surface area contributed by atoms with Crippen LogP contribution in [0.1, 0.15) is 89.5 Å². The number of carbonyl (C=O) groups excluding carboxylic acids is 3. The third-order valence-electron chi connectivity index (χ3n) is 6.61. The first-order valence-corrected chi connectivity index (χ1v) is 14.9. The van der Waals surface area contributed by atoms with E-state index in [-0.39, 0.29) is 23.8 Å². The number of aryl methyl sites for hydroxylation is 2. The van der Waals surface area contributed by atoms with Crippen LogP contribution in [-0.4, -0.2) is 59.0 Å². The third kappa shape index (κ3) is 9.55. The van der Waals surface area contributed by atoms with Crippen LogP contribution < -0.4 is 10.6 Å². The maximum absolute atomic E-state index is 14.2. The summed E-state index contributed by atoms with van der Waals surface area (Å²) < 4.78 is 5.47. The van der Waals surface area contributed by atoms with Gasteiger partial charge in [-0.2, -0.15) is 11.8 Å². The second-order valence-electron chi connectivity index (χ2n) is 11.3. The number of nitrogens with zero attached hydrogens (tertiary/aromatic N) is 1. The monoisotopic (exact) mass is 533 g/mol. The van der Waals surface area contributed by atoms with E-state index in [1.54, 1.807) is 37.4 Å². The molecular formula is C29H47N3O4S. The Bertz CT molecular complexity index is 930. The van der Waals surface area contributed by atoms with Crippen molar-refractivity contribution >= 4 is 29.7 Å². The number of benzene rings is 1. The zero-order chi connectivity index (χ0) is 27.8. The molecule has 8 heteroatoms. The quantitative estimate of drug-likeness (QED) is 0.325. The average Bonchev–Trinajstić information content (AvgIpc) is 3.53. The van der Waals surface area contributed by atoms with Crippen molar-refractivity contribution in [1.82, 2.24) is 15.5 Å². The van der Waals surface area contributed by atoms with Crippen molar-refractivity contribution < 1.29 is 19.1 Å². The molecule has 0 saturated heterocycles. The van der Waals surface area contributed by atoms with Gasteiger partial charge in [-0.3, -0.25) is 9.59 Å². The van der Waals surface area contributed by atoms with Crippen LogP contribution in [0.2, 0.25) is 0 Å². The number of carbonyl (C=O) groups is 3. The topological polar surface area (TPSA) is 87.7 Å². The molecule has 208 valence electrons. The molecule has 2 rings (SSSR count). The summed E-state index contributed by atoms with van der Waals surface area (Å²) in [4.78, 5) is 42.5. The molecule has 7 nitrogen and oxygen atoms in total. The van der Waals surface area contributed by atoms with E-state index in [0.717, 1.165) is 42.4 Å². The molecule has 1 saturated carbocycles. The summed E-state index contributed by atoms with van der Waals surface area (Å²) in [5.74, 6) is 0.576. The largest absolute Gasteiger partial charge is 0.444 e. The number of amides is 3. The van der Waals surface area contributed by atoms with E-state index in [2.05, 4.69) is 24.5 Å². The lowest BCUT2D eigenvalue weighted by atomic mass is 9.95. The maximum Gasteiger partial charge on any atom is 0.408 e. The van der Waals surface area contributed by atoms with Gasteiger partial charge in [0, 0.05) is 12.6 Å². The number of hydrogen-bond donors (Lipinski definition) is 2. The van der Waals surface area contributed by atoms with E-state index in [0.29, 0.717) is 18.7 Å². The van der Waals surface area contributed by atoms with Crippen molar-refractivity contribution in [3.8, 4) is 0 Å². The van der Waals surface area contributed by atoms with Crippen LogP contribution in [0.15, 0.2) is 18.2 Å². The molecule has 37 heavy (non-hydrogen) atoms. The number of hydrogen-bond acceptors (Lipinski definition) is 5. The number of unbranched alkanes of at least 4 members (excludes halogenated alkanes) is 2. The fraction of sp³-hybridized carbons (Fsp3) is 0.690. The molecule has 0 aromatic heterocycles. The second-order valence-corrected chi connectivity index (χ2v) is 12.3. The normalized spacial score (nSPS) is 18.5. The lowest BCUT2D eigenvalue weighted by Crippen LogP contribution is -2.54. The predicted octanol–water partition coefficient (Wildman–Crippen LogP) is 5.53. The number of rotatable bonds is 13. The molecule has 1 aliphatic carbocycles. The van der Waals surface area contributed by atoms with Gasteiger partial charge < -0.3 is 20.3 Å². The van der Waals surface area contributed by atoms with Crippen molar-refractivity contribution in [2.75, 3.05) is 18.6 Å². The summed E-state index contributed by atoms with van der Waals surface area (Å²) in [6.45, 7) is 14.2. The summed E-state index contributed by atoms with van der Waals surface area (Å²) in [6.07, 6.45) is 5.63. The van der Waals surface area contributed by atoms with E-state index in [4.69, 9.17) is 4.74 Å². The SMILES string of the molecule is CCCCCNC(=O)C(c1cc(C)ccc1C)N(C(=O)C(CCSC)NC(=O)OC(C)(C)C)C1CC1C. The van der Waals surface area contributed by atoms with Gasteiger partial charge in [-0.15, -0.1) is 0 Å². The van der Waals surface area contributed by atoms with Crippen LogP contribution in [0, 0.1) is 19.8 Å². The van der Waals surface area contributed by atoms with Gasteiger partial charge in [-0.1, -0.05) is 50.5 Å². The first-order valence-electron chi connectivity index (χ1n) is 13.5. The molecule has 0 radical (unpaired) electrons. The summed E-state index contributed by atoms with van der Waals surface area (Å²) in [7, 11) is 0. The van der Waals surface area contributed by atoms with Gasteiger partial charge in [0.1, 0.15) is 17.7 Å². The van der Waals surface area contributed by atoms with Gasteiger partial charge in [0.2, 0.25) is 11.8 Å². The van der Waals surface area contributed by atoms with Gasteiger partial charge in [-0.05, 0) is 82.9 Å². The molecule has 1 aromatic carbocycles. The molecule has 0 spiro atoms. The highest BCUT2D eigenvalue weighted by atomic mass is 32.2. The minimum absolute atomic E-state index is 0.0592. The van der Waals surface area contributed by atoms with Crippen molar-refractivity contribution in [1.29, 1.82) is 0 Å². The Labute approximate surface area is 227 Å². The predicted molar refractivity (Wildman–Crippen MR) is 152 cm³/mol. The highest BCUT2D eigenvalue weighted by Crippen LogP contribution is 2.41. The Balaban J connectivity index is 2.47. The van der Waals surface area contributed by atoms with Gasteiger partial charge in [0.25, 0.3) is 0 Å². The van der Waals surface area contributed by atoms with Crippen molar-refractivity contribution in [2.24, 2.45) is 5.92 Å². The maximum atomic E-state index is 14.2. The summed E-state index contributed by atoms with van der Waals surface area (Å²) in [5, 5.41) is 5.92. The van der Waals surface area contributed by atoms with Gasteiger partial charge >= 0.3 is 6.09 Å². The average molecular weight is 534 g/mol. The molecule has 1 aromatic rings. The molecule has 0 aliphatic heterocycles. The Morgan fingerprint density at radius 3 is 2.43 bits per heavy atom. The Morgan fingerprint density at radius 1 is 1.19 bits per heavy atom. The molecule has 4 unspecified atom stereocenters. The zero-order valence-electron chi connectivity index (χ0n) is 24.0. The smallest absolute Gasteiger partial charge is 0.408 e. The Morgan fingerprint density at radius 2 is 1.86 bits per heavy atom. The molecule has 3 amide bonds. The first kappa shape index (κ1) is 31.0. The Hall–Kier alpha value is -2.22. The molecule has 1 fully saturated rings. The lowest BCUT2D eigenvalue weighted by Gasteiger charge is -2.36. The molecule has 4 atom stereocenters.